The number of carbonyl (C=O) groups is 2. The summed E-state index contributed by atoms with van der Waals surface area (Å²) in [4.78, 5) is 31.1. The van der Waals surface area contributed by atoms with Gasteiger partial charge in [-0.05, 0) is 12.8 Å². The first-order valence-electron chi connectivity index (χ1n) is 7.13. The second-order valence-electron chi connectivity index (χ2n) is 5.39. The second kappa shape index (κ2) is 5.71. The fourth-order valence-electron chi connectivity index (χ4n) is 2.73. The van der Waals surface area contributed by atoms with Gasteiger partial charge in [0.05, 0.1) is 6.54 Å². The molecule has 0 aliphatic carbocycles. The minimum Gasteiger partial charge on any atom is -0.448 e. The van der Waals surface area contributed by atoms with E-state index in [0.717, 1.165) is 12.8 Å². The van der Waals surface area contributed by atoms with Crippen LogP contribution in [0.25, 0.3) is 0 Å². The quantitative estimate of drug-likeness (QED) is 0.808. The third-order valence-corrected chi connectivity index (χ3v) is 3.85. The maximum Gasteiger partial charge on any atom is 0.410 e. The van der Waals surface area contributed by atoms with Crippen LogP contribution in [0, 0.1) is 6.92 Å². The van der Waals surface area contributed by atoms with Crippen LogP contribution in [-0.4, -0.2) is 64.7 Å². The lowest BCUT2D eigenvalue weighted by molar-refractivity contribution is -0.133. The summed E-state index contributed by atoms with van der Waals surface area (Å²) in [6.45, 7) is 3.94. The Morgan fingerprint density at radius 1 is 1.43 bits per heavy atom. The van der Waals surface area contributed by atoms with Gasteiger partial charge in [-0.1, -0.05) is 5.16 Å². The predicted octanol–water partition coefficient (Wildman–Crippen LogP) is 0.536. The Labute approximate surface area is 122 Å². The van der Waals surface area contributed by atoms with Gasteiger partial charge >= 0.3 is 6.09 Å². The number of hydrogen-bond acceptors (Lipinski definition) is 6. The Morgan fingerprint density at radius 2 is 2.29 bits per heavy atom. The molecule has 0 radical (unpaired) electrons. The van der Waals surface area contributed by atoms with Crippen molar-refractivity contribution in [1.29, 1.82) is 0 Å². The molecule has 2 saturated heterocycles. The Hall–Kier alpha value is -2.12. The molecule has 0 bridgehead atoms. The summed E-state index contributed by atoms with van der Waals surface area (Å²) < 4.78 is 9.83. The van der Waals surface area contributed by atoms with Crippen molar-refractivity contribution < 1.29 is 18.8 Å². The smallest absolute Gasteiger partial charge is 0.410 e. The number of rotatable bonds is 3. The van der Waals surface area contributed by atoms with Gasteiger partial charge < -0.3 is 14.2 Å². The van der Waals surface area contributed by atoms with Crippen molar-refractivity contribution >= 4 is 12.0 Å². The Morgan fingerprint density at radius 3 is 2.95 bits per heavy atom. The highest BCUT2D eigenvalue weighted by atomic mass is 16.6. The van der Waals surface area contributed by atoms with E-state index in [1.165, 1.54) is 4.90 Å². The number of aromatic nitrogens is 2. The number of amides is 2. The SMILES string of the molecule is Cc1nc([C@H]2CCCN(C(=O)CN3CCOC3=O)C2)no1. The first-order valence-corrected chi connectivity index (χ1v) is 7.13. The molecule has 1 aromatic rings. The summed E-state index contributed by atoms with van der Waals surface area (Å²) in [5.74, 6) is 1.24. The number of ether oxygens (including phenoxy) is 1. The van der Waals surface area contributed by atoms with E-state index in [0.29, 0.717) is 38.0 Å². The van der Waals surface area contributed by atoms with Crippen molar-refractivity contribution in [3.63, 3.8) is 0 Å². The zero-order chi connectivity index (χ0) is 14.8. The lowest BCUT2D eigenvalue weighted by Gasteiger charge is -2.32. The van der Waals surface area contributed by atoms with E-state index in [9.17, 15) is 9.59 Å². The van der Waals surface area contributed by atoms with Crippen LogP contribution >= 0.6 is 0 Å². The van der Waals surface area contributed by atoms with Crippen LogP contribution in [0.2, 0.25) is 0 Å². The summed E-state index contributed by atoms with van der Waals surface area (Å²) in [6.07, 6.45) is 1.42. The third kappa shape index (κ3) is 2.98. The van der Waals surface area contributed by atoms with E-state index >= 15 is 0 Å². The van der Waals surface area contributed by atoms with Crippen LogP contribution in [0.3, 0.4) is 0 Å². The van der Waals surface area contributed by atoms with Gasteiger partial charge in [0.15, 0.2) is 5.82 Å². The van der Waals surface area contributed by atoms with Gasteiger partial charge in [-0.2, -0.15) is 4.98 Å². The molecular weight excluding hydrogens is 276 g/mol. The predicted molar refractivity (Wildman–Crippen MR) is 70.5 cm³/mol. The summed E-state index contributed by atoms with van der Waals surface area (Å²) in [5.41, 5.74) is 0. The summed E-state index contributed by atoms with van der Waals surface area (Å²) in [6, 6.07) is 0. The molecule has 0 N–H and O–H groups in total. The van der Waals surface area contributed by atoms with Gasteiger partial charge in [-0.25, -0.2) is 4.79 Å². The summed E-state index contributed by atoms with van der Waals surface area (Å²) >= 11 is 0. The minimum absolute atomic E-state index is 0.0567. The highest BCUT2D eigenvalue weighted by Gasteiger charge is 2.31. The average Bonchev–Trinajstić information content (AvgIpc) is 3.08. The van der Waals surface area contributed by atoms with Gasteiger partial charge in [0, 0.05) is 25.9 Å². The number of likely N-dealkylation sites (tertiary alicyclic amines) is 1. The molecular formula is C13H18N4O4. The zero-order valence-electron chi connectivity index (χ0n) is 11.9. The Kier molecular flexibility index (Phi) is 3.76. The fourth-order valence-corrected chi connectivity index (χ4v) is 2.73. The van der Waals surface area contributed by atoms with Crippen molar-refractivity contribution in [3.8, 4) is 0 Å². The van der Waals surface area contributed by atoms with E-state index in [1.54, 1.807) is 11.8 Å². The van der Waals surface area contributed by atoms with Crippen molar-refractivity contribution in [2.45, 2.75) is 25.7 Å². The van der Waals surface area contributed by atoms with Crippen molar-refractivity contribution in [1.82, 2.24) is 19.9 Å². The summed E-state index contributed by atoms with van der Waals surface area (Å²) in [5, 5.41) is 3.94. The maximum atomic E-state index is 12.3. The van der Waals surface area contributed by atoms with Crippen LogP contribution in [0.15, 0.2) is 4.52 Å². The minimum atomic E-state index is -0.411. The van der Waals surface area contributed by atoms with E-state index in [2.05, 4.69) is 10.1 Å². The van der Waals surface area contributed by atoms with Crippen LogP contribution in [0.5, 0.6) is 0 Å². The number of carbonyl (C=O) groups excluding carboxylic acids is 2. The molecule has 0 saturated carbocycles. The normalized spacial score (nSPS) is 22.5. The fraction of sp³-hybridized carbons (Fsp3) is 0.692. The maximum absolute atomic E-state index is 12.3. The second-order valence-corrected chi connectivity index (χ2v) is 5.39. The summed E-state index contributed by atoms with van der Waals surface area (Å²) in [7, 11) is 0. The van der Waals surface area contributed by atoms with Crippen molar-refractivity contribution in [2.75, 3.05) is 32.8 Å². The molecule has 2 aliphatic heterocycles. The van der Waals surface area contributed by atoms with Crippen LogP contribution in [0.4, 0.5) is 4.79 Å². The van der Waals surface area contributed by atoms with Gasteiger partial charge in [0.2, 0.25) is 11.8 Å². The molecule has 114 valence electrons. The van der Waals surface area contributed by atoms with Crippen LogP contribution < -0.4 is 0 Å². The molecule has 0 spiro atoms. The third-order valence-electron chi connectivity index (χ3n) is 3.85. The topological polar surface area (TPSA) is 88.8 Å². The molecule has 3 rings (SSSR count). The van der Waals surface area contributed by atoms with Crippen molar-refractivity contribution in [2.24, 2.45) is 0 Å². The van der Waals surface area contributed by atoms with Gasteiger partial charge in [0.1, 0.15) is 13.2 Å². The molecule has 2 fully saturated rings. The van der Waals surface area contributed by atoms with Gasteiger partial charge in [-0.3, -0.25) is 9.69 Å². The molecule has 3 heterocycles. The van der Waals surface area contributed by atoms with Crippen LogP contribution in [-0.2, 0) is 9.53 Å². The molecule has 8 heteroatoms. The highest BCUT2D eigenvalue weighted by molar-refractivity contribution is 5.83. The molecule has 2 amide bonds. The highest BCUT2D eigenvalue weighted by Crippen LogP contribution is 2.25. The standard InChI is InChI=1S/C13H18N4O4/c1-9-14-12(15-21-9)10-3-2-4-16(7-10)11(18)8-17-5-6-20-13(17)19/h10H,2-8H2,1H3/t10-/m0/s1. The molecule has 0 unspecified atom stereocenters. The number of piperidine rings is 1. The number of hydrogen-bond donors (Lipinski definition) is 0. The molecule has 21 heavy (non-hydrogen) atoms. The largest absolute Gasteiger partial charge is 0.448 e. The lowest BCUT2D eigenvalue weighted by atomic mass is 9.97. The number of cyclic esters (lactones) is 1. The Bertz CT molecular complexity index is 544. The first-order chi connectivity index (χ1) is 10.1. The average molecular weight is 294 g/mol. The van der Waals surface area contributed by atoms with E-state index in [4.69, 9.17) is 9.26 Å². The molecule has 8 nitrogen and oxygen atoms in total. The number of aryl methyl sites for hydroxylation is 1. The number of nitrogens with zero attached hydrogens (tertiary/aromatic N) is 4. The molecule has 0 aromatic carbocycles. The monoisotopic (exact) mass is 294 g/mol. The first kappa shape index (κ1) is 13.8. The van der Waals surface area contributed by atoms with Gasteiger partial charge in [-0.15, -0.1) is 0 Å². The molecule has 1 atom stereocenters. The zero-order valence-corrected chi connectivity index (χ0v) is 11.9. The van der Waals surface area contributed by atoms with Crippen molar-refractivity contribution in [3.05, 3.63) is 11.7 Å². The van der Waals surface area contributed by atoms with E-state index < -0.39 is 6.09 Å². The molecule has 2 aliphatic rings. The van der Waals surface area contributed by atoms with Gasteiger partial charge in [0.25, 0.3) is 0 Å². The van der Waals surface area contributed by atoms with Crippen LogP contribution in [0.1, 0.15) is 30.5 Å². The Balaban J connectivity index is 1.60. The lowest BCUT2D eigenvalue weighted by Crippen LogP contribution is -2.45. The molecule has 1 aromatic heterocycles. The van der Waals surface area contributed by atoms with E-state index in [1.807, 2.05) is 0 Å². The van der Waals surface area contributed by atoms with E-state index in [-0.39, 0.29) is 18.4 Å².